The van der Waals surface area contributed by atoms with Gasteiger partial charge < -0.3 is 19.5 Å². The van der Waals surface area contributed by atoms with E-state index in [4.69, 9.17) is 14.2 Å². The van der Waals surface area contributed by atoms with E-state index in [2.05, 4.69) is 10.3 Å². The number of nitrogens with one attached hydrogen (secondary N) is 1. The number of benzene rings is 2. The van der Waals surface area contributed by atoms with Gasteiger partial charge >= 0.3 is 0 Å². The quantitative estimate of drug-likeness (QED) is 0.736. The molecule has 0 fully saturated rings. The van der Waals surface area contributed by atoms with Gasteiger partial charge in [0.1, 0.15) is 29.4 Å². The van der Waals surface area contributed by atoms with Crippen molar-refractivity contribution >= 4 is 11.7 Å². The highest BCUT2D eigenvalue weighted by Crippen LogP contribution is 2.39. The number of rotatable bonds is 5. The summed E-state index contributed by atoms with van der Waals surface area (Å²) in [6, 6.07) is 13.3. The van der Waals surface area contributed by atoms with Gasteiger partial charge in [0.15, 0.2) is 0 Å². The van der Waals surface area contributed by atoms with Crippen LogP contribution in [0.15, 0.2) is 48.8 Å². The number of aromatic nitrogens is 2. The van der Waals surface area contributed by atoms with Gasteiger partial charge in [-0.15, -0.1) is 0 Å². The molecule has 4 rings (SSSR count). The Morgan fingerprint density at radius 1 is 1.04 bits per heavy atom. The lowest BCUT2D eigenvalue weighted by molar-refractivity contribution is -0.116. The minimum Gasteiger partial charge on any atom is -0.497 e. The summed E-state index contributed by atoms with van der Waals surface area (Å²) >= 11 is 0. The Hall–Kier alpha value is -3.48. The molecule has 0 saturated heterocycles. The number of ether oxygens (including phenoxy) is 3. The molecule has 1 atom stereocenters. The second-order valence-electron chi connectivity index (χ2n) is 6.47. The Labute approximate surface area is 162 Å². The highest BCUT2D eigenvalue weighted by molar-refractivity contribution is 5.94. The van der Waals surface area contributed by atoms with Crippen molar-refractivity contribution in [2.45, 2.75) is 12.3 Å². The largest absolute Gasteiger partial charge is 0.497 e. The normalized spacial score (nSPS) is 15.5. The second kappa shape index (κ2) is 7.26. The van der Waals surface area contributed by atoms with Crippen molar-refractivity contribution < 1.29 is 19.0 Å². The number of hydrogen-bond donors (Lipinski definition) is 1. The molecule has 3 aromatic rings. The van der Waals surface area contributed by atoms with Crippen LogP contribution in [0.2, 0.25) is 0 Å². The third-order valence-electron chi connectivity index (χ3n) is 4.92. The molecule has 1 aromatic heterocycles. The van der Waals surface area contributed by atoms with Gasteiger partial charge in [-0.1, -0.05) is 12.1 Å². The van der Waals surface area contributed by atoms with Crippen LogP contribution in [0.5, 0.6) is 17.2 Å². The summed E-state index contributed by atoms with van der Waals surface area (Å²) in [4.78, 5) is 17.1. The summed E-state index contributed by atoms with van der Waals surface area (Å²) in [6.45, 7) is 0. The van der Waals surface area contributed by atoms with Crippen LogP contribution < -0.4 is 19.5 Å². The maximum absolute atomic E-state index is 12.5. The maximum Gasteiger partial charge on any atom is 0.226 e. The number of imidazole rings is 1. The first-order valence-corrected chi connectivity index (χ1v) is 8.88. The van der Waals surface area contributed by atoms with Gasteiger partial charge in [0.25, 0.3) is 0 Å². The van der Waals surface area contributed by atoms with Gasteiger partial charge in [-0.25, -0.2) is 4.98 Å². The zero-order valence-corrected chi connectivity index (χ0v) is 15.9. The average molecular weight is 379 g/mol. The molecule has 0 bridgehead atoms. The zero-order valence-electron chi connectivity index (χ0n) is 15.9. The van der Waals surface area contributed by atoms with Gasteiger partial charge in [-0.05, 0) is 29.8 Å². The van der Waals surface area contributed by atoms with Crippen LogP contribution in [-0.4, -0.2) is 36.8 Å². The molecule has 0 aliphatic carbocycles. The molecule has 28 heavy (non-hydrogen) atoms. The first kappa shape index (κ1) is 17.9. The summed E-state index contributed by atoms with van der Waals surface area (Å²) < 4.78 is 17.9. The molecule has 0 radical (unpaired) electrons. The number of methoxy groups -OCH3 is 3. The highest BCUT2D eigenvalue weighted by Gasteiger charge is 2.31. The third kappa shape index (κ3) is 3.05. The van der Waals surface area contributed by atoms with Crippen molar-refractivity contribution in [1.82, 2.24) is 9.55 Å². The van der Waals surface area contributed by atoms with Gasteiger partial charge in [0.05, 0.1) is 32.7 Å². The molecular formula is C21H21N3O4. The van der Waals surface area contributed by atoms with Crippen molar-refractivity contribution in [2.24, 2.45) is 0 Å². The minimum absolute atomic E-state index is 0.0606. The first-order chi connectivity index (χ1) is 13.6. The predicted molar refractivity (Wildman–Crippen MR) is 105 cm³/mol. The molecule has 1 N–H and O–H groups in total. The predicted octanol–water partition coefficient (Wildman–Crippen LogP) is 3.37. The van der Waals surface area contributed by atoms with Crippen molar-refractivity contribution in [3.05, 3.63) is 60.0 Å². The zero-order chi connectivity index (χ0) is 19.7. The fourth-order valence-corrected chi connectivity index (χ4v) is 3.51. The molecule has 0 spiro atoms. The molecule has 144 valence electrons. The summed E-state index contributed by atoms with van der Waals surface area (Å²) in [5, 5.41) is 2.96. The maximum atomic E-state index is 12.5. The van der Waals surface area contributed by atoms with Crippen LogP contribution in [0.3, 0.4) is 0 Å². The molecule has 2 heterocycles. The summed E-state index contributed by atoms with van der Waals surface area (Å²) in [5.74, 6) is 2.50. The lowest BCUT2D eigenvalue weighted by Crippen LogP contribution is -2.25. The third-order valence-corrected chi connectivity index (χ3v) is 4.92. The Bertz CT molecular complexity index is 1030. The van der Waals surface area contributed by atoms with Gasteiger partial charge in [0.2, 0.25) is 5.91 Å². The van der Waals surface area contributed by atoms with E-state index in [1.807, 2.05) is 41.0 Å². The van der Waals surface area contributed by atoms with E-state index < -0.39 is 0 Å². The van der Waals surface area contributed by atoms with Crippen LogP contribution in [0.1, 0.15) is 23.6 Å². The van der Waals surface area contributed by atoms with Crippen molar-refractivity contribution in [3.8, 4) is 22.9 Å². The molecular weight excluding hydrogens is 358 g/mol. The van der Waals surface area contributed by atoms with E-state index in [1.165, 1.54) is 0 Å². The van der Waals surface area contributed by atoms with Crippen LogP contribution in [0, 0.1) is 0 Å². The Kier molecular flexibility index (Phi) is 4.65. The van der Waals surface area contributed by atoms with Crippen molar-refractivity contribution in [3.63, 3.8) is 0 Å². The highest BCUT2D eigenvalue weighted by atomic mass is 16.5. The first-order valence-electron chi connectivity index (χ1n) is 8.88. The second-order valence-corrected chi connectivity index (χ2v) is 6.47. The molecule has 0 saturated carbocycles. The number of carbonyl (C=O) groups excluding carboxylic acids is 1. The van der Waals surface area contributed by atoms with E-state index in [9.17, 15) is 4.79 Å². The van der Waals surface area contributed by atoms with Crippen LogP contribution >= 0.6 is 0 Å². The number of carbonyl (C=O) groups is 1. The van der Waals surface area contributed by atoms with Gasteiger partial charge in [-0.3, -0.25) is 9.36 Å². The molecule has 1 aliphatic rings. The van der Waals surface area contributed by atoms with Gasteiger partial charge in [-0.2, -0.15) is 0 Å². The molecule has 7 heteroatoms. The summed E-state index contributed by atoms with van der Waals surface area (Å²) in [5.41, 5.74) is 2.57. The lowest BCUT2D eigenvalue weighted by atomic mass is 9.89. The number of amides is 1. The SMILES string of the molecule is COc1cccc([C@H]2CC(=O)Nc3c2ncn3-c2ccc(OC)cc2OC)c1. The minimum atomic E-state index is -0.149. The van der Waals surface area contributed by atoms with E-state index in [0.717, 1.165) is 22.7 Å². The molecule has 1 aliphatic heterocycles. The molecule has 2 aromatic carbocycles. The van der Waals surface area contributed by atoms with E-state index in [0.29, 0.717) is 23.7 Å². The number of nitrogens with zero attached hydrogens (tertiary/aromatic N) is 2. The smallest absolute Gasteiger partial charge is 0.226 e. The van der Waals surface area contributed by atoms with Crippen LogP contribution in [-0.2, 0) is 4.79 Å². The monoisotopic (exact) mass is 379 g/mol. The summed E-state index contributed by atoms with van der Waals surface area (Å²) in [6.07, 6.45) is 2.03. The van der Waals surface area contributed by atoms with Crippen LogP contribution in [0.25, 0.3) is 5.69 Å². The molecule has 1 amide bonds. The van der Waals surface area contributed by atoms with Crippen molar-refractivity contribution in [1.29, 1.82) is 0 Å². The number of anilines is 1. The Morgan fingerprint density at radius 3 is 2.57 bits per heavy atom. The summed E-state index contributed by atoms with van der Waals surface area (Å²) in [7, 11) is 4.83. The lowest BCUT2D eigenvalue weighted by Gasteiger charge is -2.24. The van der Waals surface area contributed by atoms with E-state index >= 15 is 0 Å². The molecule has 7 nitrogen and oxygen atoms in total. The number of fused-ring (bicyclic) bond motifs is 1. The topological polar surface area (TPSA) is 74.6 Å². The Morgan fingerprint density at radius 2 is 1.82 bits per heavy atom. The number of hydrogen-bond acceptors (Lipinski definition) is 5. The van der Waals surface area contributed by atoms with Crippen LogP contribution in [0.4, 0.5) is 5.82 Å². The molecule has 0 unspecified atom stereocenters. The average Bonchev–Trinajstić information content (AvgIpc) is 3.16. The van der Waals surface area contributed by atoms with Crippen molar-refractivity contribution in [2.75, 3.05) is 26.6 Å². The van der Waals surface area contributed by atoms with E-state index in [1.54, 1.807) is 33.7 Å². The fourth-order valence-electron chi connectivity index (χ4n) is 3.51. The van der Waals surface area contributed by atoms with E-state index in [-0.39, 0.29) is 11.8 Å². The van der Waals surface area contributed by atoms with Gasteiger partial charge in [0, 0.05) is 18.4 Å². The Balaban J connectivity index is 1.81. The standard InChI is InChI=1S/C21H21N3O4/c1-26-14-6-4-5-13(9-14)16-11-19(25)23-21-20(16)22-12-24(21)17-8-7-15(27-2)10-18(17)28-3/h4-10,12,16H,11H2,1-3H3,(H,23,25)/t16-/m1/s1. The fraction of sp³-hybridized carbons (Fsp3) is 0.238.